The average Bonchev–Trinajstić information content (AvgIpc) is 2.63. The number of likely N-dealkylation sites (tertiary alicyclic amines) is 1. The normalized spacial score (nSPS) is 20.5. The smallest absolute Gasteiger partial charge is 0.223 e. The van der Waals surface area contributed by atoms with Gasteiger partial charge in [-0.2, -0.15) is 12.6 Å². The minimum absolute atomic E-state index is 0.180. The molecule has 1 aliphatic heterocycles. The number of pyridine rings is 1. The van der Waals surface area contributed by atoms with Crippen LogP contribution in [0.15, 0.2) is 18.3 Å². The van der Waals surface area contributed by atoms with Crippen molar-refractivity contribution in [3.05, 3.63) is 29.0 Å². The Morgan fingerprint density at radius 3 is 3.06 bits per heavy atom. The summed E-state index contributed by atoms with van der Waals surface area (Å²) in [7, 11) is 0. The molecule has 0 aromatic carbocycles. The molecule has 1 aromatic rings. The van der Waals surface area contributed by atoms with E-state index in [1.54, 1.807) is 6.20 Å². The number of carbonyl (C=O) groups is 1. The topological polar surface area (TPSA) is 33.2 Å². The largest absolute Gasteiger partial charge is 0.338 e. The molecule has 86 valence electrons. The molecular formula is C11H13ClN2OS. The van der Waals surface area contributed by atoms with E-state index in [1.165, 1.54) is 0 Å². The Hall–Kier alpha value is -0.740. The molecule has 0 bridgehead atoms. The first-order chi connectivity index (χ1) is 7.70. The molecule has 0 N–H and O–H groups in total. The van der Waals surface area contributed by atoms with Gasteiger partial charge in [0.1, 0.15) is 5.15 Å². The lowest BCUT2D eigenvalue weighted by Gasteiger charge is -2.16. The summed E-state index contributed by atoms with van der Waals surface area (Å²) in [5.74, 6) is 1.30. The number of amides is 1. The first-order valence-corrected chi connectivity index (χ1v) is 6.19. The summed E-state index contributed by atoms with van der Waals surface area (Å²) in [5.41, 5.74) is 0.900. The molecule has 1 unspecified atom stereocenters. The molecule has 1 atom stereocenters. The third-order valence-corrected chi connectivity index (χ3v) is 3.61. The molecular weight excluding hydrogens is 244 g/mol. The van der Waals surface area contributed by atoms with Crippen molar-refractivity contribution >= 4 is 30.1 Å². The van der Waals surface area contributed by atoms with Crippen LogP contribution in [0.2, 0.25) is 5.15 Å². The van der Waals surface area contributed by atoms with Crippen LogP contribution in [0.1, 0.15) is 12.0 Å². The van der Waals surface area contributed by atoms with Crippen LogP contribution in [-0.4, -0.2) is 28.1 Å². The zero-order valence-corrected chi connectivity index (χ0v) is 10.4. The molecule has 0 radical (unpaired) electrons. The minimum Gasteiger partial charge on any atom is -0.338 e. The maximum absolute atomic E-state index is 11.7. The van der Waals surface area contributed by atoms with Gasteiger partial charge in [0.05, 0.1) is 0 Å². The number of thiol groups is 1. The summed E-state index contributed by atoms with van der Waals surface area (Å²) in [6.07, 6.45) is 2.25. The highest BCUT2D eigenvalue weighted by atomic mass is 35.5. The predicted molar refractivity (Wildman–Crippen MR) is 66.6 cm³/mol. The minimum atomic E-state index is 0.180. The number of hydrogen-bond acceptors (Lipinski definition) is 3. The lowest BCUT2D eigenvalue weighted by Crippen LogP contribution is -2.25. The summed E-state index contributed by atoms with van der Waals surface area (Å²) in [6, 6.07) is 3.73. The van der Waals surface area contributed by atoms with Crippen LogP contribution >= 0.6 is 24.2 Å². The Morgan fingerprint density at radius 2 is 2.44 bits per heavy atom. The van der Waals surface area contributed by atoms with E-state index >= 15 is 0 Å². The van der Waals surface area contributed by atoms with Crippen molar-refractivity contribution in [3.63, 3.8) is 0 Å². The fourth-order valence-corrected chi connectivity index (χ4v) is 2.30. The Morgan fingerprint density at radius 1 is 1.62 bits per heavy atom. The van der Waals surface area contributed by atoms with Gasteiger partial charge >= 0.3 is 0 Å². The quantitative estimate of drug-likeness (QED) is 0.663. The molecule has 1 saturated heterocycles. The summed E-state index contributed by atoms with van der Waals surface area (Å²) in [6.45, 7) is 1.32. The number of halogens is 1. The molecule has 1 aliphatic rings. The van der Waals surface area contributed by atoms with Gasteiger partial charge in [0, 0.05) is 31.3 Å². The van der Waals surface area contributed by atoms with E-state index < -0.39 is 0 Å². The van der Waals surface area contributed by atoms with Crippen LogP contribution < -0.4 is 0 Å². The molecule has 1 fully saturated rings. The summed E-state index contributed by atoms with van der Waals surface area (Å²) in [5, 5.41) is 0.477. The van der Waals surface area contributed by atoms with Crippen LogP contribution in [-0.2, 0) is 11.3 Å². The number of nitrogens with zero attached hydrogens (tertiary/aromatic N) is 2. The van der Waals surface area contributed by atoms with Gasteiger partial charge in [0.15, 0.2) is 0 Å². The second-order valence-corrected chi connectivity index (χ2v) is 4.70. The molecule has 0 saturated carbocycles. The first kappa shape index (κ1) is 11.7. The molecule has 2 rings (SSSR count). The lowest BCUT2D eigenvalue weighted by atomic mass is 10.1. The molecule has 3 nitrogen and oxygen atoms in total. The van der Waals surface area contributed by atoms with Gasteiger partial charge in [-0.3, -0.25) is 4.79 Å². The highest BCUT2D eigenvalue weighted by molar-refractivity contribution is 7.80. The monoisotopic (exact) mass is 256 g/mol. The molecule has 0 aliphatic carbocycles. The van der Waals surface area contributed by atoms with Crippen molar-refractivity contribution in [1.29, 1.82) is 0 Å². The van der Waals surface area contributed by atoms with Crippen molar-refractivity contribution in [1.82, 2.24) is 9.88 Å². The second kappa shape index (κ2) is 5.06. The zero-order valence-electron chi connectivity index (χ0n) is 8.77. The molecule has 1 amide bonds. The van der Waals surface area contributed by atoms with E-state index in [0.717, 1.165) is 17.9 Å². The Balaban J connectivity index is 2.06. The standard InChI is InChI=1S/C11H13ClN2OS/c12-11-9(2-1-3-13-11)6-14-5-8(7-16)4-10(14)15/h1-3,8,16H,4-7H2. The SMILES string of the molecule is O=C1CC(CS)CN1Cc1cccnc1Cl. The van der Waals surface area contributed by atoms with Crippen LogP contribution in [0.3, 0.4) is 0 Å². The van der Waals surface area contributed by atoms with Gasteiger partial charge in [0.2, 0.25) is 5.91 Å². The number of rotatable bonds is 3. The van der Waals surface area contributed by atoms with Gasteiger partial charge in [-0.1, -0.05) is 17.7 Å². The van der Waals surface area contributed by atoms with E-state index in [0.29, 0.717) is 24.0 Å². The van der Waals surface area contributed by atoms with Crippen molar-refractivity contribution in [2.24, 2.45) is 5.92 Å². The molecule has 5 heteroatoms. The molecule has 16 heavy (non-hydrogen) atoms. The average molecular weight is 257 g/mol. The Labute approximate surface area is 105 Å². The number of hydrogen-bond donors (Lipinski definition) is 1. The van der Waals surface area contributed by atoms with Crippen molar-refractivity contribution in [3.8, 4) is 0 Å². The summed E-state index contributed by atoms with van der Waals surface area (Å²) < 4.78 is 0. The molecule has 2 heterocycles. The third kappa shape index (κ3) is 2.50. The maximum atomic E-state index is 11.7. The maximum Gasteiger partial charge on any atom is 0.223 e. The van der Waals surface area contributed by atoms with E-state index in [1.807, 2.05) is 17.0 Å². The van der Waals surface area contributed by atoms with Gasteiger partial charge in [-0.15, -0.1) is 0 Å². The van der Waals surface area contributed by atoms with E-state index in [9.17, 15) is 4.79 Å². The predicted octanol–water partition coefficient (Wildman–Crippen LogP) is 2.01. The van der Waals surface area contributed by atoms with Crippen molar-refractivity contribution < 1.29 is 4.79 Å². The zero-order chi connectivity index (χ0) is 11.5. The highest BCUT2D eigenvalue weighted by Gasteiger charge is 2.28. The third-order valence-electron chi connectivity index (χ3n) is 2.75. The second-order valence-electron chi connectivity index (χ2n) is 3.98. The lowest BCUT2D eigenvalue weighted by molar-refractivity contribution is -0.128. The van der Waals surface area contributed by atoms with Crippen LogP contribution in [0, 0.1) is 5.92 Å². The fraction of sp³-hybridized carbons (Fsp3) is 0.455. The van der Waals surface area contributed by atoms with Gasteiger partial charge < -0.3 is 4.90 Å². The molecule has 1 aromatic heterocycles. The van der Waals surface area contributed by atoms with Gasteiger partial charge in [-0.25, -0.2) is 4.98 Å². The van der Waals surface area contributed by atoms with Crippen LogP contribution in [0.4, 0.5) is 0 Å². The van der Waals surface area contributed by atoms with E-state index in [2.05, 4.69) is 17.6 Å². The van der Waals surface area contributed by atoms with Crippen molar-refractivity contribution in [2.75, 3.05) is 12.3 Å². The summed E-state index contributed by atoms with van der Waals surface area (Å²) in [4.78, 5) is 17.5. The molecule has 0 spiro atoms. The Bertz CT molecular complexity index is 399. The Kier molecular flexibility index (Phi) is 3.71. The van der Waals surface area contributed by atoms with E-state index in [4.69, 9.17) is 11.6 Å². The summed E-state index contributed by atoms with van der Waals surface area (Å²) >= 11 is 10.2. The van der Waals surface area contributed by atoms with Crippen LogP contribution in [0.25, 0.3) is 0 Å². The first-order valence-electron chi connectivity index (χ1n) is 5.18. The van der Waals surface area contributed by atoms with Gasteiger partial charge in [0.25, 0.3) is 0 Å². The van der Waals surface area contributed by atoms with Gasteiger partial charge in [-0.05, 0) is 17.7 Å². The fourth-order valence-electron chi connectivity index (χ4n) is 1.87. The van der Waals surface area contributed by atoms with E-state index in [-0.39, 0.29) is 5.91 Å². The number of aromatic nitrogens is 1. The highest BCUT2D eigenvalue weighted by Crippen LogP contribution is 2.22. The van der Waals surface area contributed by atoms with Crippen molar-refractivity contribution in [2.45, 2.75) is 13.0 Å². The number of carbonyl (C=O) groups excluding carboxylic acids is 1. The van der Waals surface area contributed by atoms with Crippen LogP contribution in [0.5, 0.6) is 0 Å².